The summed E-state index contributed by atoms with van der Waals surface area (Å²) in [5.41, 5.74) is 0. The van der Waals surface area contributed by atoms with Crippen molar-refractivity contribution in [2.45, 2.75) is 53.0 Å². The molecule has 1 aliphatic heterocycles. The van der Waals surface area contributed by atoms with Crippen LogP contribution in [0.1, 0.15) is 47.0 Å². The van der Waals surface area contributed by atoms with Crippen molar-refractivity contribution in [3.63, 3.8) is 0 Å². The number of piperidine rings is 1. The number of hydrogen-bond donors (Lipinski definition) is 2. The zero-order chi connectivity index (χ0) is 16.9. The van der Waals surface area contributed by atoms with Crippen molar-refractivity contribution in [1.82, 2.24) is 10.2 Å². The Kier molecular flexibility index (Phi) is 6.84. The number of nitrogens with zero attached hydrogens (tertiary/aromatic N) is 1. The Hall–Kier alpha value is -1.59. The van der Waals surface area contributed by atoms with Crippen LogP contribution in [-0.2, 0) is 14.4 Å². The van der Waals surface area contributed by atoms with Gasteiger partial charge in [-0.25, -0.2) is 4.79 Å². The molecule has 0 saturated carbocycles. The van der Waals surface area contributed by atoms with Crippen LogP contribution < -0.4 is 5.32 Å². The quantitative estimate of drug-likeness (QED) is 0.778. The first kappa shape index (κ1) is 18.5. The molecule has 0 bridgehead atoms. The second-order valence-corrected chi connectivity index (χ2v) is 6.78. The Morgan fingerprint density at radius 3 is 2.09 bits per heavy atom. The van der Waals surface area contributed by atoms with Crippen LogP contribution in [0.5, 0.6) is 0 Å². The summed E-state index contributed by atoms with van der Waals surface area (Å²) in [5, 5.41) is 11.8. The highest BCUT2D eigenvalue weighted by Gasteiger charge is 2.30. The Balaban J connectivity index is 2.51. The van der Waals surface area contributed by atoms with E-state index in [9.17, 15) is 19.5 Å². The van der Waals surface area contributed by atoms with Crippen molar-refractivity contribution in [2.24, 2.45) is 17.8 Å². The lowest BCUT2D eigenvalue weighted by Gasteiger charge is -2.33. The minimum Gasteiger partial charge on any atom is -0.480 e. The molecule has 22 heavy (non-hydrogen) atoms. The van der Waals surface area contributed by atoms with Crippen molar-refractivity contribution in [3.8, 4) is 0 Å². The molecule has 1 rings (SSSR count). The van der Waals surface area contributed by atoms with Crippen molar-refractivity contribution >= 4 is 17.8 Å². The maximum Gasteiger partial charge on any atom is 0.326 e. The van der Waals surface area contributed by atoms with E-state index in [1.165, 1.54) is 0 Å². The Labute approximate surface area is 132 Å². The predicted octanol–water partition coefficient (Wildman–Crippen LogP) is 1.50. The molecule has 0 unspecified atom stereocenters. The smallest absolute Gasteiger partial charge is 0.326 e. The fraction of sp³-hybridized carbons (Fsp3) is 0.812. The second kappa shape index (κ2) is 8.15. The molecule has 1 fully saturated rings. The standard InChI is InChI=1S/C16H28N2O4/c1-10(2)9-13(16(21)22)17-14(19)12-5-7-18(8-6-12)15(20)11(3)4/h10-13H,5-9H2,1-4H3,(H,17,19)(H,21,22)/t13-/m1/s1. The second-order valence-electron chi connectivity index (χ2n) is 6.78. The number of amides is 2. The fourth-order valence-electron chi connectivity index (χ4n) is 2.71. The molecule has 126 valence electrons. The lowest BCUT2D eigenvalue weighted by molar-refractivity contribution is -0.143. The van der Waals surface area contributed by atoms with E-state index in [2.05, 4.69) is 5.32 Å². The van der Waals surface area contributed by atoms with Crippen LogP contribution in [0, 0.1) is 17.8 Å². The molecule has 2 N–H and O–H groups in total. The van der Waals surface area contributed by atoms with E-state index in [4.69, 9.17) is 0 Å². The SMILES string of the molecule is CC(C)C[C@@H](NC(=O)C1CCN(C(=O)C(C)C)CC1)C(=O)O. The van der Waals surface area contributed by atoms with Crippen molar-refractivity contribution in [3.05, 3.63) is 0 Å². The number of likely N-dealkylation sites (tertiary alicyclic amines) is 1. The van der Waals surface area contributed by atoms with Gasteiger partial charge < -0.3 is 15.3 Å². The van der Waals surface area contributed by atoms with Gasteiger partial charge in [0.2, 0.25) is 11.8 Å². The minimum absolute atomic E-state index is 0.0344. The topological polar surface area (TPSA) is 86.7 Å². The molecule has 0 spiro atoms. The van der Waals surface area contributed by atoms with Gasteiger partial charge in [0.15, 0.2) is 0 Å². The highest BCUT2D eigenvalue weighted by atomic mass is 16.4. The van der Waals surface area contributed by atoms with Crippen LogP contribution in [0.3, 0.4) is 0 Å². The number of hydrogen-bond acceptors (Lipinski definition) is 3. The zero-order valence-electron chi connectivity index (χ0n) is 14.0. The largest absolute Gasteiger partial charge is 0.480 e. The molecule has 0 aromatic heterocycles. The highest BCUT2D eigenvalue weighted by molar-refractivity contribution is 5.85. The van der Waals surface area contributed by atoms with Crippen molar-refractivity contribution < 1.29 is 19.5 Å². The van der Waals surface area contributed by atoms with E-state index >= 15 is 0 Å². The van der Waals surface area contributed by atoms with Gasteiger partial charge in [0.25, 0.3) is 0 Å². The zero-order valence-corrected chi connectivity index (χ0v) is 14.0. The molecular weight excluding hydrogens is 284 g/mol. The van der Waals surface area contributed by atoms with Gasteiger partial charge in [-0.15, -0.1) is 0 Å². The summed E-state index contributed by atoms with van der Waals surface area (Å²) in [6.45, 7) is 8.72. The third kappa shape index (κ3) is 5.31. The monoisotopic (exact) mass is 312 g/mol. The molecule has 1 aliphatic rings. The fourth-order valence-corrected chi connectivity index (χ4v) is 2.71. The molecular formula is C16H28N2O4. The normalized spacial score (nSPS) is 17.6. The van der Waals surface area contributed by atoms with Gasteiger partial charge in [0.05, 0.1) is 0 Å². The number of carbonyl (C=O) groups is 3. The van der Waals surface area contributed by atoms with E-state index in [0.29, 0.717) is 32.4 Å². The molecule has 0 aromatic carbocycles. The lowest BCUT2D eigenvalue weighted by Crippen LogP contribution is -2.48. The molecule has 1 atom stereocenters. The van der Waals surface area contributed by atoms with E-state index in [-0.39, 0.29) is 29.6 Å². The van der Waals surface area contributed by atoms with Crippen molar-refractivity contribution in [1.29, 1.82) is 0 Å². The molecule has 6 nitrogen and oxygen atoms in total. The van der Waals surface area contributed by atoms with E-state index < -0.39 is 12.0 Å². The van der Waals surface area contributed by atoms with E-state index in [0.717, 1.165) is 0 Å². The summed E-state index contributed by atoms with van der Waals surface area (Å²) >= 11 is 0. The van der Waals surface area contributed by atoms with E-state index in [1.54, 1.807) is 4.90 Å². The van der Waals surface area contributed by atoms with Crippen LogP contribution in [0.15, 0.2) is 0 Å². The van der Waals surface area contributed by atoms with Gasteiger partial charge in [-0.2, -0.15) is 0 Å². The number of nitrogens with one attached hydrogen (secondary N) is 1. The molecule has 6 heteroatoms. The van der Waals surface area contributed by atoms with Crippen LogP contribution in [0.4, 0.5) is 0 Å². The van der Waals surface area contributed by atoms with Crippen molar-refractivity contribution in [2.75, 3.05) is 13.1 Å². The average molecular weight is 312 g/mol. The average Bonchev–Trinajstić information content (AvgIpc) is 2.45. The van der Waals surface area contributed by atoms with Crippen LogP contribution in [0.25, 0.3) is 0 Å². The lowest BCUT2D eigenvalue weighted by atomic mass is 9.94. The Morgan fingerprint density at radius 1 is 1.14 bits per heavy atom. The Morgan fingerprint density at radius 2 is 1.68 bits per heavy atom. The number of carbonyl (C=O) groups excluding carboxylic acids is 2. The number of rotatable bonds is 6. The van der Waals surface area contributed by atoms with Gasteiger partial charge in [-0.05, 0) is 25.2 Å². The van der Waals surface area contributed by atoms with Gasteiger partial charge in [-0.1, -0.05) is 27.7 Å². The molecule has 1 saturated heterocycles. The Bertz CT molecular complexity index is 412. The summed E-state index contributed by atoms with van der Waals surface area (Å²) < 4.78 is 0. The number of carboxylic acid groups (broad SMARTS) is 1. The predicted molar refractivity (Wildman–Crippen MR) is 83.2 cm³/mol. The maximum atomic E-state index is 12.2. The first-order valence-corrected chi connectivity index (χ1v) is 8.04. The highest BCUT2D eigenvalue weighted by Crippen LogP contribution is 2.19. The summed E-state index contributed by atoms with van der Waals surface area (Å²) in [5.74, 6) is -1.12. The first-order chi connectivity index (χ1) is 10.2. The maximum absolute atomic E-state index is 12.2. The molecule has 0 aliphatic carbocycles. The van der Waals surface area contributed by atoms with Gasteiger partial charge >= 0.3 is 5.97 Å². The van der Waals surface area contributed by atoms with Crippen LogP contribution in [-0.4, -0.2) is 46.9 Å². The number of aliphatic carboxylic acids is 1. The summed E-state index contributed by atoms with van der Waals surface area (Å²) in [6, 6.07) is -0.831. The van der Waals surface area contributed by atoms with Crippen LogP contribution in [0.2, 0.25) is 0 Å². The van der Waals surface area contributed by atoms with Gasteiger partial charge in [0, 0.05) is 24.9 Å². The first-order valence-electron chi connectivity index (χ1n) is 8.04. The molecule has 0 aromatic rings. The summed E-state index contributed by atoms with van der Waals surface area (Å²) in [4.78, 5) is 37.1. The van der Waals surface area contributed by atoms with Crippen LogP contribution >= 0.6 is 0 Å². The van der Waals surface area contributed by atoms with Gasteiger partial charge in [0.1, 0.15) is 6.04 Å². The van der Waals surface area contributed by atoms with E-state index in [1.807, 2.05) is 27.7 Å². The molecule has 0 radical (unpaired) electrons. The summed E-state index contributed by atoms with van der Waals surface area (Å²) in [7, 11) is 0. The third-order valence-corrected chi connectivity index (χ3v) is 3.99. The molecule has 1 heterocycles. The third-order valence-electron chi connectivity index (χ3n) is 3.99. The van der Waals surface area contributed by atoms with Gasteiger partial charge in [-0.3, -0.25) is 9.59 Å². The number of carboxylic acids is 1. The molecule has 2 amide bonds. The summed E-state index contributed by atoms with van der Waals surface area (Å²) in [6.07, 6.45) is 1.61. The minimum atomic E-state index is -0.991.